The van der Waals surface area contributed by atoms with Crippen molar-refractivity contribution < 1.29 is 22.7 Å². The number of hydrogen-bond acceptors (Lipinski definition) is 6. The number of nitrogens with two attached hydrogens (primary N) is 1. The number of aryl methyl sites for hydroxylation is 2. The number of anilines is 1. The highest BCUT2D eigenvalue weighted by Gasteiger charge is 2.19. The van der Waals surface area contributed by atoms with E-state index < -0.39 is 23.4 Å². The quantitative estimate of drug-likeness (QED) is 0.424. The highest BCUT2D eigenvalue weighted by molar-refractivity contribution is 7.22. The van der Waals surface area contributed by atoms with Crippen molar-refractivity contribution in [2.75, 3.05) is 31.2 Å². The number of ether oxygens (including phenoxy) is 1. The van der Waals surface area contributed by atoms with E-state index in [1.54, 1.807) is 6.07 Å². The summed E-state index contributed by atoms with van der Waals surface area (Å²) in [4.78, 5) is 23.3. The fourth-order valence-corrected chi connectivity index (χ4v) is 5.12. The molecule has 1 aliphatic rings. The van der Waals surface area contributed by atoms with Crippen LogP contribution in [0, 0.1) is 17.5 Å². The fourth-order valence-electron chi connectivity index (χ4n) is 4.12. The number of carbonyl (C=O) groups is 1. The minimum absolute atomic E-state index is 0.223. The fraction of sp³-hybridized carbons (Fsp3) is 0.240. The van der Waals surface area contributed by atoms with Gasteiger partial charge in [0.05, 0.1) is 29.2 Å². The lowest BCUT2D eigenvalue weighted by molar-refractivity contribution is 0.0996. The Morgan fingerprint density at radius 3 is 2.46 bits per heavy atom. The first-order chi connectivity index (χ1) is 16.9. The summed E-state index contributed by atoms with van der Waals surface area (Å²) in [5.74, 6) is -2.88. The van der Waals surface area contributed by atoms with E-state index in [0.29, 0.717) is 54.1 Å². The number of thiazole rings is 1. The third-order valence-electron chi connectivity index (χ3n) is 5.85. The number of amides is 1. The van der Waals surface area contributed by atoms with Gasteiger partial charge in [0.1, 0.15) is 17.5 Å². The van der Waals surface area contributed by atoms with Crippen LogP contribution in [0.4, 0.5) is 18.3 Å². The Balaban J connectivity index is 1.58. The molecule has 0 radical (unpaired) electrons. The van der Waals surface area contributed by atoms with E-state index in [-0.39, 0.29) is 5.56 Å². The molecule has 1 saturated heterocycles. The summed E-state index contributed by atoms with van der Waals surface area (Å²) in [6.45, 7) is 2.69. The van der Waals surface area contributed by atoms with E-state index in [9.17, 15) is 18.0 Å². The molecule has 6 nitrogen and oxygen atoms in total. The molecule has 35 heavy (non-hydrogen) atoms. The topological polar surface area (TPSA) is 81.3 Å². The minimum Gasteiger partial charge on any atom is -0.378 e. The Labute approximate surface area is 203 Å². The maximum absolute atomic E-state index is 14.1. The number of carbonyl (C=O) groups excluding carboxylic acids is 1. The Morgan fingerprint density at radius 1 is 1.00 bits per heavy atom. The van der Waals surface area contributed by atoms with E-state index in [1.165, 1.54) is 35.6 Å². The molecule has 0 unspecified atom stereocenters. The summed E-state index contributed by atoms with van der Waals surface area (Å²) in [7, 11) is 0. The number of benzene rings is 2. The second-order valence-corrected chi connectivity index (χ2v) is 9.25. The van der Waals surface area contributed by atoms with Gasteiger partial charge in [0.25, 0.3) is 5.91 Å². The van der Waals surface area contributed by atoms with Crippen molar-refractivity contribution in [3.05, 3.63) is 76.7 Å². The number of pyridine rings is 1. The molecule has 1 aliphatic heterocycles. The van der Waals surface area contributed by atoms with Crippen LogP contribution in [0.25, 0.3) is 21.5 Å². The Morgan fingerprint density at radius 2 is 1.74 bits per heavy atom. The van der Waals surface area contributed by atoms with Gasteiger partial charge in [0.2, 0.25) is 0 Å². The van der Waals surface area contributed by atoms with Gasteiger partial charge in [-0.3, -0.25) is 4.79 Å². The maximum atomic E-state index is 14.1. The molecule has 0 spiro atoms. The lowest BCUT2D eigenvalue weighted by Crippen LogP contribution is -2.36. The summed E-state index contributed by atoms with van der Waals surface area (Å²) in [5, 5.41) is 0.822. The number of hydrogen-bond donors (Lipinski definition) is 1. The molecule has 2 aromatic carbocycles. The van der Waals surface area contributed by atoms with E-state index in [0.717, 1.165) is 29.0 Å². The summed E-state index contributed by atoms with van der Waals surface area (Å²) in [6.07, 6.45) is 0.673. The molecule has 2 N–H and O–H groups in total. The smallest absolute Gasteiger partial charge is 0.251 e. The Kier molecular flexibility index (Phi) is 6.40. The molecule has 0 bridgehead atoms. The predicted octanol–water partition coefficient (Wildman–Crippen LogP) is 4.50. The van der Waals surface area contributed by atoms with Gasteiger partial charge in [0.15, 0.2) is 10.8 Å². The van der Waals surface area contributed by atoms with Gasteiger partial charge in [0, 0.05) is 24.7 Å². The van der Waals surface area contributed by atoms with Gasteiger partial charge in [-0.15, -0.1) is 0 Å². The molecule has 5 rings (SSSR count). The van der Waals surface area contributed by atoms with E-state index in [4.69, 9.17) is 20.4 Å². The van der Waals surface area contributed by atoms with Gasteiger partial charge in [-0.2, -0.15) is 4.98 Å². The van der Waals surface area contributed by atoms with Crippen molar-refractivity contribution in [1.82, 2.24) is 9.97 Å². The van der Waals surface area contributed by atoms with Crippen molar-refractivity contribution in [1.29, 1.82) is 0 Å². The van der Waals surface area contributed by atoms with Crippen LogP contribution in [0.1, 0.15) is 21.6 Å². The SMILES string of the molecule is NC(=O)c1cc(-c2cc3sc(N4CCOCC4)nc3nc2CCc2cc(F)cc(F)c2)ccc1F. The molecule has 2 aromatic heterocycles. The largest absolute Gasteiger partial charge is 0.378 e. The van der Waals surface area contributed by atoms with Crippen molar-refractivity contribution in [2.24, 2.45) is 5.73 Å². The summed E-state index contributed by atoms with van der Waals surface area (Å²) >= 11 is 1.49. The monoisotopic (exact) mass is 498 g/mol. The third kappa shape index (κ3) is 4.98. The van der Waals surface area contributed by atoms with Crippen LogP contribution in [0.15, 0.2) is 42.5 Å². The van der Waals surface area contributed by atoms with E-state index in [2.05, 4.69) is 4.90 Å². The molecule has 0 saturated carbocycles. The third-order valence-corrected chi connectivity index (χ3v) is 6.90. The first kappa shape index (κ1) is 23.3. The van der Waals surface area contributed by atoms with Gasteiger partial charge in [-0.25, -0.2) is 18.2 Å². The maximum Gasteiger partial charge on any atom is 0.251 e. The second-order valence-electron chi connectivity index (χ2n) is 8.24. The summed E-state index contributed by atoms with van der Waals surface area (Å²) in [6, 6.07) is 9.44. The minimum atomic E-state index is -0.873. The zero-order chi connectivity index (χ0) is 24.5. The van der Waals surface area contributed by atoms with E-state index in [1.807, 2.05) is 6.07 Å². The highest BCUT2D eigenvalue weighted by Crippen LogP contribution is 2.34. The molecule has 10 heteroatoms. The average Bonchev–Trinajstić information content (AvgIpc) is 3.25. The van der Waals surface area contributed by atoms with Crippen LogP contribution in [0.3, 0.4) is 0 Å². The number of morpholine rings is 1. The van der Waals surface area contributed by atoms with Crippen LogP contribution in [0.5, 0.6) is 0 Å². The van der Waals surface area contributed by atoms with Crippen LogP contribution in [-0.2, 0) is 17.6 Å². The van der Waals surface area contributed by atoms with Gasteiger partial charge in [-0.1, -0.05) is 17.4 Å². The average molecular weight is 499 g/mol. The first-order valence-electron chi connectivity index (χ1n) is 11.1. The Hall–Kier alpha value is -3.50. The molecular weight excluding hydrogens is 477 g/mol. The molecule has 1 fully saturated rings. The van der Waals surface area contributed by atoms with Gasteiger partial charge < -0.3 is 15.4 Å². The Bertz CT molecular complexity index is 1400. The number of fused-ring (bicyclic) bond motifs is 1. The molecule has 180 valence electrons. The molecule has 4 aromatic rings. The number of aromatic nitrogens is 2. The first-order valence-corrected chi connectivity index (χ1v) is 11.9. The predicted molar refractivity (Wildman–Crippen MR) is 128 cm³/mol. The molecule has 0 atom stereocenters. The molecule has 1 amide bonds. The van der Waals surface area contributed by atoms with Crippen molar-refractivity contribution in [3.63, 3.8) is 0 Å². The molecular formula is C25H21F3N4O2S. The number of rotatable bonds is 6. The van der Waals surface area contributed by atoms with Crippen LogP contribution in [-0.4, -0.2) is 42.2 Å². The van der Waals surface area contributed by atoms with Crippen molar-refractivity contribution >= 4 is 32.7 Å². The standard InChI is InChI=1S/C25H21F3N4O2S/c26-16-9-14(10-17(27)12-16)1-4-21-18(15-2-3-20(28)19(11-15)23(29)33)13-22-24(30-21)31-25(35-22)32-5-7-34-8-6-32/h2-3,9-13H,1,4-8H2,(H2,29,33). The number of halogens is 3. The van der Waals surface area contributed by atoms with Crippen LogP contribution >= 0.6 is 11.3 Å². The van der Waals surface area contributed by atoms with Gasteiger partial charge >= 0.3 is 0 Å². The summed E-state index contributed by atoms with van der Waals surface area (Å²) in [5.41, 5.74) is 8.02. The van der Waals surface area contributed by atoms with Gasteiger partial charge in [-0.05, 0) is 54.3 Å². The zero-order valence-electron chi connectivity index (χ0n) is 18.6. The number of primary amides is 1. The molecule has 3 heterocycles. The van der Waals surface area contributed by atoms with Crippen LogP contribution < -0.4 is 10.6 Å². The normalized spacial score (nSPS) is 14.0. The summed E-state index contributed by atoms with van der Waals surface area (Å²) < 4.78 is 47.8. The lowest BCUT2D eigenvalue weighted by atomic mass is 9.97. The van der Waals surface area contributed by atoms with Crippen LogP contribution in [0.2, 0.25) is 0 Å². The highest BCUT2D eigenvalue weighted by atomic mass is 32.1. The van der Waals surface area contributed by atoms with Crippen molar-refractivity contribution in [3.8, 4) is 11.1 Å². The van der Waals surface area contributed by atoms with Crippen molar-refractivity contribution in [2.45, 2.75) is 12.8 Å². The lowest BCUT2D eigenvalue weighted by Gasteiger charge is -2.25. The number of nitrogens with zero attached hydrogens (tertiary/aromatic N) is 3. The van der Waals surface area contributed by atoms with E-state index >= 15 is 0 Å². The second kappa shape index (κ2) is 9.63. The molecule has 0 aliphatic carbocycles. The zero-order valence-corrected chi connectivity index (χ0v) is 19.4.